The van der Waals surface area contributed by atoms with Crippen LogP contribution in [0.4, 0.5) is 0 Å². The summed E-state index contributed by atoms with van der Waals surface area (Å²) in [6.45, 7) is 0.338. The topological polar surface area (TPSA) is 79.4 Å². The summed E-state index contributed by atoms with van der Waals surface area (Å²) in [6, 6.07) is 8.50. The average Bonchev–Trinajstić information content (AvgIpc) is 2.34. The predicted molar refractivity (Wildman–Crippen MR) is 66.9 cm³/mol. The Balaban J connectivity index is 2.13. The highest BCUT2D eigenvalue weighted by Crippen LogP contribution is 2.22. The van der Waals surface area contributed by atoms with Crippen LogP contribution in [0.25, 0.3) is 10.9 Å². The number of carboxylic acids is 1. The lowest BCUT2D eigenvalue weighted by Gasteiger charge is -2.08. The van der Waals surface area contributed by atoms with Gasteiger partial charge in [0.2, 0.25) is 5.56 Å². The summed E-state index contributed by atoms with van der Waals surface area (Å²) in [6.07, 6.45) is 0.538. The van der Waals surface area contributed by atoms with Gasteiger partial charge in [-0.25, -0.2) is 0 Å². The lowest BCUT2D eigenvalue weighted by molar-refractivity contribution is -0.137. The van der Waals surface area contributed by atoms with Gasteiger partial charge < -0.3 is 14.8 Å². The molecular weight excluding hydrogens is 234 g/mol. The SMILES string of the molecule is O=C(O)CCCOc1cccc2[nH]c(=O)ccc12. The van der Waals surface area contributed by atoms with E-state index in [4.69, 9.17) is 9.84 Å². The van der Waals surface area contributed by atoms with E-state index in [1.54, 1.807) is 24.3 Å². The molecule has 1 aromatic carbocycles. The second-order valence-electron chi connectivity index (χ2n) is 3.89. The quantitative estimate of drug-likeness (QED) is 0.789. The summed E-state index contributed by atoms with van der Waals surface area (Å²) in [5.74, 6) is -0.185. The Labute approximate surface area is 103 Å². The van der Waals surface area contributed by atoms with Crippen molar-refractivity contribution >= 4 is 16.9 Å². The Hall–Kier alpha value is -2.30. The monoisotopic (exact) mass is 247 g/mol. The molecule has 5 nitrogen and oxygen atoms in total. The number of aromatic nitrogens is 1. The largest absolute Gasteiger partial charge is 0.493 e. The van der Waals surface area contributed by atoms with Gasteiger partial charge in [0.05, 0.1) is 12.1 Å². The van der Waals surface area contributed by atoms with Crippen molar-refractivity contribution in [2.45, 2.75) is 12.8 Å². The summed E-state index contributed by atoms with van der Waals surface area (Å²) in [7, 11) is 0. The molecule has 0 radical (unpaired) electrons. The van der Waals surface area contributed by atoms with Crippen LogP contribution in [0.5, 0.6) is 5.75 Å². The first-order chi connectivity index (χ1) is 8.66. The second-order valence-corrected chi connectivity index (χ2v) is 3.89. The summed E-state index contributed by atoms with van der Waals surface area (Å²) < 4.78 is 5.52. The van der Waals surface area contributed by atoms with Crippen molar-refractivity contribution in [1.82, 2.24) is 4.98 Å². The summed E-state index contributed by atoms with van der Waals surface area (Å²) in [5, 5.41) is 9.33. The highest BCUT2D eigenvalue weighted by atomic mass is 16.5. The lowest BCUT2D eigenvalue weighted by atomic mass is 10.2. The summed E-state index contributed by atoms with van der Waals surface area (Å²) in [4.78, 5) is 24.2. The smallest absolute Gasteiger partial charge is 0.303 e. The molecule has 2 rings (SSSR count). The number of nitrogens with one attached hydrogen (secondary N) is 1. The number of ether oxygens (including phenoxy) is 1. The van der Waals surface area contributed by atoms with Crippen molar-refractivity contribution in [1.29, 1.82) is 0 Å². The van der Waals surface area contributed by atoms with Crippen LogP contribution in [-0.4, -0.2) is 22.7 Å². The fourth-order valence-electron chi connectivity index (χ4n) is 1.69. The van der Waals surface area contributed by atoms with Gasteiger partial charge in [0, 0.05) is 17.9 Å². The Morgan fingerprint density at radius 3 is 2.89 bits per heavy atom. The van der Waals surface area contributed by atoms with Gasteiger partial charge in [-0.3, -0.25) is 9.59 Å². The van der Waals surface area contributed by atoms with Crippen LogP contribution in [0.3, 0.4) is 0 Å². The molecule has 1 aromatic heterocycles. The number of pyridine rings is 1. The van der Waals surface area contributed by atoms with Crippen molar-refractivity contribution in [3.63, 3.8) is 0 Å². The highest BCUT2D eigenvalue weighted by molar-refractivity contribution is 5.84. The van der Waals surface area contributed by atoms with Gasteiger partial charge in [-0.1, -0.05) is 6.07 Å². The van der Waals surface area contributed by atoms with Crippen molar-refractivity contribution in [2.24, 2.45) is 0 Å². The molecule has 0 spiro atoms. The van der Waals surface area contributed by atoms with Gasteiger partial charge in [-0.15, -0.1) is 0 Å². The number of benzene rings is 1. The lowest BCUT2D eigenvalue weighted by Crippen LogP contribution is -2.05. The van der Waals surface area contributed by atoms with Crippen LogP contribution in [0.1, 0.15) is 12.8 Å². The molecule has 18 heavy (non-hydrogen) atoms. The standard InChI is InChI=1S/C13H13NO4/c15-12-7-6-9-10(14-12)3-1-4-11(9)18-8-2-5-13(16)17/h1,3-4,6-7H,2,5,8H2,(H,14,15)(H,16,17). The van der Waals surface area contributed by atoms with Crippen LogP contribution in [0, 0.1) is 0 Å². The van der Waals surface area contributed by atoms with Crippen LogP contribution >= 0.6 is 0 Å². The molecule has 0 amide bonds. The van der Waals surface area contributed by atoms with E-state index < -0.39 is 5.97 Å². The molecule has 0 saturated heterocycles. The van der Waals surface area contributed by atoms with Crippen molar-refractivity contribution < 1.29 is 14.6 Å². The maximum absolute atomic E-state index is 11.2. The molecule has 0 aliphatic rings. The van der Waals surface area contributed by atoms with E-state index in [-0.39, 0.29) is 12.0 Å². The number of fused-ring (bicyclic) bond motifs is 1. The number of hydrogen-bond acceptors (Lipinski definition) is 3. The van der Waals surface area contributed by atoms with E-state index in [2.05, 4.69) is 4.98 Å². The number of hydrogen-bond donors (Lipinski definition) is 2. The second kappa shape index (κ2) is 5.35. The minimum atomic E-state index is -0.833. The zero-order chi connectivity index (χ0) is 13.0. The van der Waals surface area contributed by atoms with Gasteiger partial charge in [-0.2, -0.15) is 0 Å². The normalized spacial score (nSPS) is 10.4. The fraction of sp³-hybridized carbons (Fsp3) is 0.231. The number of aromatic amines is 1. The van der Waals surface area contributed by atoms with Crippen molar-refractivity contribution in [2.75, 3.05) is 6.61 Å². The predicted octanol–water partition coefficient (Wildman–Crippen LogP) is 1.77. The van der Waals surface area contributed by atoms with Gasteiger partial charge in [0.1, 0.15) is 5.75 Å². The third kappa shape index (κ3) is 2.88. The van der Waals surface area contributed by atoms with Crippen LogP contribution in [0.15, 0.2) is 35.1 Å². The van der Waals surface area contributed by atoms with Gasteiger partial charge >= 0.3 is 5.97 Å². The maximum Gasteiger partial charge on any atom is 0.303 e. The molecule has 0 fully saturated rings. The van der Waals surface area contributed by atoms with E-state index >= 15 is 0 Å². The molecule has 0 aliphatic carbocycles. The van der Waals surface area contributed by atoms with E-state index in [9.17, 15) is 9.59 Å². The molecule has 94 valence electrons. The van der Waals surface area contributed by atoms with E-state index in [1.165, 1.54) is 6.07 Å². The number of rotatable bonds is 5. The van der Waals surface area contributed by atoms with E-state index in [1.807, 2.05) is 0 Å². The Bertz CT molecular complexity index is 618. The Morgan fingerprint density at radius 2 is 2.11 bits per heavy atom. The molecule has 0 atom stereocenters. The molecule has 0 bridgehead atoms. The zero-order valence-electron chi connectivity index (χ0n) is 9.68. The first-order valence-electron chi connectivity index (χ1n) is 5.63. The van der Waals surface area contributed by atoms with E-state index in [0.29, 0.717) is 24.3 Å². The van der Waals surface area contributed by atoms with Gasteiger partial charge in [-0.05, 0) is 24.6 Å². The number of carbonyl (C=O) groups is 1. The Morgan fingerprint density at radius 1 is 1.28 bits per heavy atom. The third-order valence-electron chi connectivity index (χ3n) is 2.52. The molecule has 0 unspecified atom stereocenters. The van der Waals surface area contributed by atoms with Crippen molar-refractivity contribution in [3.05, 3.63) is 40.7 Å². The average molecular weight is 247 g/mol. The molecule has 5 heteroatoms. The van der Waals surface area contributed by atoms with Crippen LogP contribution in [0.2, 0.25) is 0 Å². The van der Waals surface area contributed by atoms with Crippen LogP contribution < -0.4 is 10.3 Å². The van der Waals surface area contributed by atoms with Crippen molar-refractivity contribution in [3.8, 4) is 5.75 Å². The minimum Gasteiger partial charge on any atom is -0.493 e. The summed E-state index contributed by atoms with van der Waals surface area (Å²) in [5.41, 5.74) is 0.545. The molecule has 1 heterocycles. The molecule has 0 saturated carbocycles. The summed E-state index contributed by atoms with van der Waals surface area (Å²) >= 11 is 0. The number of H-pyrrole nitrogens is 1. The minimum absolute atomic E-state index is 0.0849. The highest BCUT2D eigenvalue weighted by Gasteiger charge is 2.03. The first-order valence-corrected chi connectivity index (χ1v) is 5.63. The first kappa shape index (κ1) is 12.2. The Kier molecular flexibility index (Phi) is 3.62. The van der Waals surface area contributed by atoms with Gasteiger partial charge in [0.25, 0.3) is 0 Å². The van der Waals surface area contributed by atoms with Crippen LogP contribution in [-0.2, 0) is 4.79 Å². The molecule has 2 N–H and O–H groups in total. The molecular formula is C13H13NO4. The van der Waals surface area contributed by atoms with Gasteiger partial charge in [0.15, 0.2) is 0 Å². The molecule has 2 aromatic rings. The zero-order valence-corrected chi connectivity index (χ0v) is 9.68. The number of carboxylic acid groups (broad SMARTS) is 1. The third-order valence-corrected chi connectivity index (χ3v) is 2.52. The molecule has 0 aliphatic heterocycles. The number of aliphatic carboxylic acids is 1. The van der Waals surface area contributed by atoms with E-state index in [0.717, 1.165) is 5.39 Å². The maximum atomic E-state index is 11.2. The fourth-order valence-corrected chi connectivity index (χ4v) is 1.69.